The van der Waals surface area contributed by atoms with Crippen molar-refractivity contribution in [3.63, 3.8) is 0 Å². The molecule has 0 unspecified atom stereocenters. The Hall–Kier alpha value is -2.50. The molecule has 0 atom stereocenters. The number of benzene rings is 1. The molecular formula is C12H13N3O3. The van der Waals surface area contributed by atoms with Crippen LogP contribution in [0.1, 0.15) is 16.1 Å². The first-order chi connectivity index (χ1) is 8.61. The van der Waals surface area contributed by atoms with Crippen LogP contribution in [0.4, 0.5) is 11.4 Å². The summed E-state index contributed by atoms with van der Waals surface area (Å²) in [6, 6.07) is 4.99. The van der Waals surface area contributed by atoms with E-state index in [1.54, 1.807) is 25.1 Å². The Bertz CT molecular complexity index is 578. The van der Waals surface area contributed by atoms with E-state index in [0.29, 0.717) is 22.7 Å². The SMILES string of the molecule is COc1ccc(NC(=O)c2oncc2C)cc1N. The van der Waals surface area contributed by atoms with E-state index in [0.717, 1.165) is 0 Å². The van der Waals surface area contributed by atoms with Gasteiger partial charge in [0.15, 0.2) is 0 Å². The lowest BCUT2D eigenvalue weighted by Gasteiger charge is -2.07. The lowest BCUT2D eigenvalue weighted by Crippen LogP contribution is -2.12. The van der Waals surface area contributed by atoms with Crippen LogP contribution < -0.4 is 15.8 Å². The number of rotatable bonds is 3. The van der Waals surface area contributed by atoms with Crippen LogP contribution in [0.25, 0.3) is 0 Å². The number of nitrogens with zero attached hydrogens (tertiary/aromatic N) is 1. The van der Waals surface area contributed by atoms with Gasteiger partial charge in [-0.3, -0.25) is 4.79 Å². The van der Waals surface area contributed by atoms with Gasteiger partial charge in [0.05, 0.1) is 19.0 Å². The molecule has 18 heavy (non-hydrogen) atoms. The molecule has 0 aliphatic heterocycles. The summed E-state index contributed by atoms with van der Waals surface area (Å²) < 4.78 is 9.89. The fraction of sp³-hybridized carbons (Fsp3) is 0.167. The largest absolute Gasteiger partial charge is 0.495 e. The number of ether oxygens (including phenoxy) is 1. The van der Waals surface area contributed by atoms with Gasteiger partial charge in [0, 0.05) is 11.3 Å². The highest BCUT2D eigenvalue weighted by Gasteiger charge is 2.14. The molecule has 1 heterocycles. The highest BCUT2D eigenvalue weighted by Crippen LogP contribution is 2.25. The summed E-state index contributed by atoms with van der Waals surface area (Å²) in [5.41, 5.74) is 7.43. The molecule has 0 saturated heterocycles. The van der Waals surface area contributed by atoms with Crippen molar-refractivity contribution in [2.24, 2.45) is 0 Å². The normalized spacial score (nSPS) is 10.1. The molecule has 0 fully saturated rings. The predicted octanol–water partition coefficient (Wildman–Crippen LogP) is 1.83. The average molecular weight is 247 g/mol. The Morgan fingerprint density at radius 2 is 2.28 bits per heavy atom. The van der Waals surface area contributed by atoms with E-state index in [2.05, 4.69) is 10.5 Å². The zero-order valence-electron chi connectivity index (χ0n) is 10.1. The zero-order valence-corrected chi connectivity index (χ0v) is 10.1. The molecule has 0 aliphatic rings. The Morgan fingerprint density at radius 3 is 2.83 bits per heavy atom. The van der Waals surface area contributed by atoms with E-state index in [9.17, 15) is 4.79 Å². The molecule has 0 bridgehead atoms. The predicted molar refractivity (Wildman–Crippen MR) is 66.6 cm³/mol. The minimum atomic E-state index is -0.366. The number of carbonyl (C=O) groups excluding carboxylic acids is 1. The monoisotopic (exact) mass is 247 g/mol. The lowest BCUT2D eigenvalue weighted by molar-refractivity contribution is 0.0987. The Kier molecular flexibility index (Phi) is 3.18. The summed E-state index contributed by atoms with van der Waals surface area (Å²) in [4.78, 5) is 11.8. The van der Waals surface area contributed by atoms with Crippen LogP contribution in [0, 0.1) is 6.92 Å². The van der Waals surface area contributed by atoms with Gasteiger partial charge >= 0.3 is 0 Å². The maximum Gasteiger partial charge on any atom is 0.294 e. The van der Waals surface area contributed by atoms with Crippen molar-refractivity contribution in [1.82, 2.24) is 5.16 Å². The molecule has 0 radical (unpaired) electrons. The Balaban J connectivity index is 2.17. The second-order valence-corrected chi connectivity index (χ2v) is 3.75. The summed E-state index contributed by atoms with van der Waals surface area (Å²) >= 11 is 0. The first-order valence-corrected chi connectivity index (χ1v) is 5.28. The number of aryl methyl sites for hydroxylation is 1. The minimum absolute atomic E-state index is 0.185. The molecular weight excluding hydrogens is 234 g/mol. The highest BCUT2D eigenvalue weighted by atomic mass is 16.5. The fourth-order valence-corrected chi connectivity index (χ4v) is 1.51. The van der Waals surface area contributed by atoms with Crippen LogP contribution in [0.2, 0.25) is 0 Å². The van der Waals surface area contributed by atoms with Gasteiger partial charge in [-0.15, -0.1) is 0 Å². The van der Waals surface area contributed by atoms with Crippen molar-refractivity contribution in [2.45, 2.75) is 6.92 Å². The summed E-state index contributed by atoms with van der Waals surface area (Å²) in [5.74, 6) is 0.378. The fourth-order valence-electron chi connectivity index (χ4n) is 1.51. The molecule has 2 rings (SSSR count). The Labute approximate surface area is 104 Å². The van der Waals surface area contributed by atoms with Crippen LogP contribution in [0.5, 0.6) is 5.75 Å². The second kappa shape index (κ2) is 4.79. The van der Waals surface area contributed by atoms with E-state index in [4.69, 9.17) is 15.0 Å². The molecule has 6 nitrogen and oxygen atoms in total. The number of hydrogen-bond acceptors (Lipinski definition) is 5. The van der Waals surface area contributed by atoms with E-state index in [1.165, 1.54) is 13.3 Å². The minimum Gasteiger partial charge on any atom is -0.495 e. The van der Waals surface area contributed by atoms with Gasteiger partial charge in [-0.1, -0.05) is 5.16 Å². The number of hydrogen-bond donors (Lipinski definition) is 2. The topological polar surface area (TPSA) is 90.4 Å². The first-order valence-electron chi connectivity index (χ1n) is 5.28. The van der Waals surface area contributed by atoms with Gasteiger partial charge in [0.25, 0.3) is 5.91 Å². The van der Waals surface area contributed by atoms with Crippen molar-refractivity contribution in [3.8, 4) is 5.75 Å². The van der Waals surface area contributed by atoms with Gasteiger partial charge in [-0.2, -0.15) is 0 Å². The third-order valence-corrected chi connectivity index (χ3v) is 2.44. The number of amides is 1. The molecule has 94 valence electrons. The van der Waals surface area contributed by atoms with E-state index in [-0.39, 0.29) is 11.7 Å². The van der Waals surface area contributed by atoms with Gasteiger partial charge in [0.1, 0.15) is 5.75 Å². The van der Waals surface area contributed by atoms with Crippen molar-refractivity contribution in [2.75, 3.05) is 18.2 Å². The quantitative estimate of drug-likeness (QED) is 0.807. The van der Waals surface area contributed by atoms with E-state index in [1.807, 2.05) is 0 Å². The number of anilines is 2. The average Bonchev–Trinajstić information content (AvgIpc) is 2.76. The van der Waals surface area contributed by atoms with Crippen LogP contribution in [0.15, 0.2) is 28.9 Å². The zero-order chi connectivity index (χ0) is 13.1. The van der Waals surface area contributed by atoms with Crippen LogP contribution in [-0.4, -0.2) is 18.2 Å². The Morgan fingerprint density at radius 1 is 1.50 bits per heavy atom. The first kappa shape index (κ1) is 12.0. The molecule has 1 aromatic carbocycles. The molecule has 0 aliphatic carbocycles. The van der Waals surface area contributed by atoms with E-state index >= 15 is 0 Å². The van der Waals surface area contributed by atoms with E-state index < -0.39 is 0 Å². The maximum absolute atomic E-state index is 11.8. The molecule has 1 amide bonds. The lowest BCUT2D eigenvalue weighted by atomic mass is 10.2. The molecule has 2 aromatic rings. The second-order valence-electron chi connectivity index (χ2n) is 3.75. The van der Waals surface area contributed by atoms with Crippen molar-refractivity contribution >= 4 is 17.3 Å². The third kappa shape index (κ3) is 2.27. The summed E-state index contributed by atoms with van der Waals surface area (Å²) in [7, 11) is 1.53. The number of nitrogens with two attached hydrogens (primary N) is 1. The molecule has 0 saturated carbocycles. The van der Waals surface area contributed by atoms with Gasteiger partial charge in [-0.25, -0.2) is 0 Å². The van der Waals surface area contributed by atoms with Crippen LogP contribution >= 0.6 is 0 Å². The maximum atomic E-state index is 11.8. The standard InChI is InChI=1S/C12H13N3O3/c1-7-6-14-18-11(7)12(16)15-8-3-4-10(17-2)9(13)5-8/h3-6H,13H2,1-2H3,(H,15,16). The van der Waals surface area contributed by atoms with Crippen molar-refractivity contribution < 1.29 is 14.1 Å². The molecule has 1 aromatic heterocycles. The number of aromatic nitrogens is 1. The van der Waals surface area contributed by atoms with Crippen LogP contribution in [-0.2, 0) is 0 Å². The van der Waals surface area contributed by atoms with Crippen LogP contribution in [0.3, 0.4) is 0 Å². The van der Waals surface area contributed by atoms with Gasteiger partial charge in [0.2, 0.25) is 5.76 Å². The van der Waals surface area contributed by atoms with Gasteiger partial charge in [-0.05, 0) is 25.1 Å². The van der Waals surface area contributed by atoms with Gasteiger partial charge < -0.3 is 20.3 Å². The number of methoxy groups -OCH3 is 1. The number of nitrogen functional groups attached to an aromatic ring is 1. The number of nitrogens with one attached hydrogen (secondary N) is 1. The number of carbonyl (C=O) groups is 1. The molecule has 3 N–H and O–H groups in total. The van der Waals surface area contributed by atoms with Crippen molar-refractivity contribution in [1.29, 1.82) is 0 Å². The third-order valence-electron chi connectivity index (χ3n) is 2.44. The molecule has 6 heteroatoms. The molecule has 0 spiro atoms. The smallest absolute Gasteiger partial charge is 0.294 e. The van der Waals surface area contributed by atoms with Crippen molar-refractivity contribution in [3.05, 3.63) is 35.7 Å². The highest BCUT2D eigenvalue weighted by molar-refractivity contribution is 6.03. The summed E-state index contributed by atoms with van der Waals surface area (Å²) in [6.45, 7) is 1.74. The summed E-state index contributed by atoms with van der Waals surface area (Å²) in [6.07, 6.45) is 1.48. The summed E-state index contributed by atoms with van der Waals surface area (Å²) in [5, 5.41) is 6.22.